The highest BCUT2D eigenvalue weighted by Crippen LogP contribution is 2.24. The number of rotatable bonds is 0. The van der Waals surface area contributed by atoms with Gasteiger partial charge in [-0.1, -0.05) is 0 Å². The van der Waals surface area contributed by atoms with Crippen LogP contribution in [-0.4, -0.2) is 4.98 Å². The molecule has 1 heterocycles. The molecule has 0 amide bonds. The second kappa shape index (κ2) is 2.20. The highest BCUT2D eigenvalue weighted by molar-refractivity contribution is 7.16. The van der Waals surface area contributed by atoms with Gasteiger partial charge in [-0.15, -0.1) is 11.3 Å². The first-order valence-electron chi connectivity index (χ1n) is 3.37. The first kappa shape index (κ1) is 6.61. The summed E-state index contributed by atoms with van der Waals surface area (Å²) in [6, 6.07) is 4.05. The Hall–Kier alpha value is -1.09. The first-order chi connectivity index (χ1) is 5.27. The van der Waals surface area contributed by atoms with Crippen LogP contribution < -0.4 is 5.73 Å². The lowest BCUT2D eigenvalue weighted by Crippen LogP contribution is -1.86. The molecule has 0 spiro atoms. The molecule has 1 aromatic heterocycles. The number of fused-ring (bicyclic) bond motifs is 1. The van der Waals surface area contributed by atoms with Crippen LogP contribution in [0.3, 0.4) is 0 Å². The Morgan fingerprint density at radius 2 is 2.27 bits per heavy atom. The van der Waals surface area contributed by atoms with E-state index in [-0.39, 0.29) is 0 Å². The van der Waals surface area contributed by atoms with Gasteiger partial charge in [0.1, 0.15) is 5.52 Å². The minimum absolute atomic E-state index is 0.779. The zero-order valence-corrected chi connectivity index (χ0v) is 6.98. The number of benzene rings is 1. The van der Waals surface area contributed by atoms with Crippen LogP contribution in [0.15, 0.2) is 17.6 Å². The van der Waals surface area contributed by atoms with Crippen molar-refractivity contribution >= 4 is 27.2 Å². The topological polar surface area (TPSA) is 38.9 Å². The summed E-state index contributed by atoms with van der Waals surface area (Å²) in [5, 5.41) is 0. The van der Waals surface area contributed by atoms with Crippen LogP contribution >= 0.6 is 11.3 Å². The zero-order chi connectivity index (χ0) is 7.84. The van der Waals surface area contributed by atoms with Crippen molar-refractivity contribution in [2.24, 2.45) is 0 Å². The summed E-state index contributed by atoms with van der Waals surface area (Å²) in [6.45, 7) is 2.04. The van der Waals surface area contributed by atoms with Gasteiger partial charge < -0.3 is 5.73 Å². The minimum Gasteiger partial charge on any atom is -0.397 e. The van der Waals surface area contributed by atoms with Gasteiger partial charge in [-0.2, -0.15) is 0 Å². The summed E-state index contributed by atoms with van der Waals surface area (Å²) in [6.07, 6.45) is 0. The third-order valence-corrected chi connectivity index (χ3v) is 2.39. The van der Waals surface area contributed by atoms with Gasteiger partial charge in [0.05, 0.1) is 15.9 Å². The van der Waals surface area contributed by atoms with E-state index in [1.165, 1.54) is 10.3 Å². The molecule has 0 unspecified atom stereocenters. The third-order valence-electron chi connectivity index (χ3n) is 1.61. The van der Waals surface area contributed by atoms with Crippen LogP contribution in [0.4, 0.5) is 5.69 Å². The number of anilines is 1. The van der Waals surface area contributed by atoms with Gasteiger partial charge in [0.2, 0.25) is 0 Å². The van der Waals surface area contributed by atoms with Crippen LogP contribution in [0, 0.1) is 6.92 Å². The van der Waals surface area contributed by atoms with Crippen LogP contribution in [0.2, 0.25) is 0 Å². The fraction of sp³-hybridized carbons (Fsp3) is 0.125. The van der Waals surface area contributed by atoms with E-state index in [2.05, 4.69) is 11.1 Å². The Morgan fingerprint density at radius 1 is 1.45 bits per heavy atom. The van der Waals surface area contributed by atoms with Crippen molar-refractivity contribution in [3.63, 3.8) is 0 Å². The van der Waals surface area contributed by atoms with E-state index >= 15 is 0 Å². The number of nitrogens with two attached hydrogens (primary N) is 1. The second-order valence-electron chi connectivity index (χ2n) is 2.55. The molecule has 2 N–H and O–H groups in total. The fourth-order valence-corrected chi connectivity index (χ4v) is 1.94. The SMILES string of the molecule is Cc1cc(N)c2ncsc2c1. The Balaban J connectivity index is 2.91. The molecule has 11 heavy (non-hydrogen) atoms. The lowest BCUT2D eigenvalue weighted by atomic mass is 10.2. The molecule has 2 nitrogen and oxygen atoms in total. The molecular formula is C8H8N2S. The summed E-state index contributed by atoms with van der Waals surface area (Å²) < 4.78 is 1.17. The highest BCUT2D eigenvalue weighted by Gasteiger charge is 2.00. The number of nitrogens with zero attached hydrogens (tertiary/aromatic N) is 1. The van der Waals surface area contributed by atoms with Crippen molar-refractivity contribution in [3.05, 3.63) is 23.2 Å². The molecule has 0 saturated carbocycles. The molecule has 56 valence electrons. The first-order valence-corrected chi connectivity index (χ1v) is 4.24. The summed E-state index contributed by atoms with van der Waals surface area (Å²) >= 11 is 1.62. The number of aromatic nitrogens is 1. The van der Waals surface area contributed by atoms with E-state index < -0.39 is 0 Å². The lowest BCUT2D eigenvalue weighted by Gasteiger charge is -1.95. The number of hydrogen-bond donors (Lipinski definition) is 1. The van der Waals surface area contributed by atoms with Gasteiger partial charge in [-0.25, -0.2) is 4.98 Å². The van der Waals surface area contributed by atoms with E-state index in [1.807, 2.05) is 18.5 Å². The molecule has 0 aliphatic rings. The average Bonchev–Trinajstić information content (AvgIpc) is 2.34. The van der Waals surface area contributed by atoms with E-state index in [0.29, 0.717) is 0 Å². The van der Waals surface area contributed by atoms with Gasteiger partial charge in [-0.3, -0.25) is 0 Å². The summed E-state index contributed by atoms with van der Waals surface area (Å²) in [5.74, 6) is 0. The van der Waals surface area contributed by atoms with Crippen LogP contribution in [0.5, 0.6) is 0 Å². The maximum absolute atomic E-state index is 5.75. The molecule has 3 heteroatoms. The third kappa shape index (κ3) is 0.973. The molecule has 0 fully saturated rings. The van der Waals surface area contributed by atoms with E-state index in [1.54, 1.807) is 11.3 Å². The maximum Gasteiger partial charge on any atom is 0.104 e. The molecule has 0 radical (unpaired) electrons. The summed E-state index contributed by atoms with van der Waals surface area (Å²) in [5.41, 5.74) is 10.5. The largest absolute Gasteiger partial charge is 0.397 e. The number of aryl methyl sites for hydroxylation is 1. The second-order valence-corrected chi connectivity index (χ2v) is 3.44. The number of hydrogen-bond acceptors (Lipinski definition) is 3. The van der Waals surface area contributed by atoms with Crippen LogP contribution in [-0.2, 0) is 0 Å². The van der Waals surface area contributed by atoms with Gasteiger partial charge in [0.25, 0.3) is 0 Å². The smallest absolute Gasteiger partial charge is 0.104 e. The monoisotopic (exact) mass is 164 g/mol. The van der Waals surface area contributed by atoms with Crippen molar-refractivity contribution in [2.75, 3.05) is 5.73 Å². The molecule has 0 atom stereocenters. The Morgan fingerprint density at radius 3 is 3.09 bits per heavy atom. The molecule has 0 saturated heterocycles. The fourth-order valence-electron chi connectivity index (χ4n) is 1.14. The Kier molecular flexibility index (Phi) is 1.32. The molecular weight excluding hydrogens is 156 g/mol. The average molecular weight is 164 g/mol. The standard InChI is InChI=1S/C8H8N2S/c1-5-2-6(9)8-7(3-5)11-4-10-8/h2-4H,9H2,1H3. The molecule has 0 aliphatic carbocycles. The number of thiazole rings is 1. The molecule has 0 aliphatic heterocycles. The van der Waals surface area contributed by atoms with Gasteiger partial charge in [0.15, 0.2) is 0 Å². The van der Waals surface area contributed by atoms with E-state index in [9.17, 15) is 0 Å². The van der Waals surface area contributed by atoms with Gasteiger partial charge in [-0.05, 0) is 24.6 Å². The highest BCUT2D eigenvalue weighted by atomic mass is 32.1. The van der Waals surface area contributed by atoms with Crippen molar-refractivity contribution in [3.8, 4) is 0 Å². The molecule has 2 rings (SSSR count). The quantitative estimate of drug-likeness (QED) is 0.606. The van der Waals surface area contributed by atoms with Gasteiger partial charge in [0, 0.05) is 0 Å². The van der Waals surface area contributed by atoms with Crippen molar-refractivity contribution in [1.82, 2.24) is 4.98 Å². The zero-order valence-electron chi connectivity index (χ0n) is 6.16. The Labute approximate surface area is 68.7 Å². The maximum atomic E-state index is 5.75. The van der Waals surface area contributed by atoms with Gasteiger partial charge >= 0.3 is 0 Å². The normalized spacial score (nSPS) is 10.6. The van der Waals surface area contributed by atoms with E-state index in [4.69, 9.17) is 5.73 Å². The van der Waals surface area contributed by atoms with Crippen molar-refractivity contribution in [2.45, 2.75) is 6.92 Å². The predicted molar refractivity (Wildman–Crippen MR) is 48.8 cm³/mol. The lowest BCUT2D eigenvalue weighted by molar-refractivity contribution is 1.46. The van der Waals surface area contributed by atoms with E-state index in [0.717, 1.165) is 11.2 Å². The van der Waals surface area contributed by atoms with Crippen molar-refractivity contribution < 1.29 is 0 Å². The minimum atomic E-state index is 0.779. The summed E-state index contributed by atoms with van der Waals surface area (Å²) in [7, 11) is 0. The molecule has 2 aromatic rings. The van der Waals surface area contributed by atoms with Crippen LogP contribution in [0.1, 0.15) is 5.56 Å². The van der Waals surface area contributed by atoms with Crippen LogP contribution in [0.25, 0.3) is 10.2 Å². The van der Waals surface area contributed by atoms with Crippen molar-refractivity contribution in [1.29, 1.82) is 0 Å². The summed E-state index contributed by atoms with van der Waals surface area (Å²) in [4.78, 5) is 4.15. The Bertz CT molecular complexity index is 392. The molecule has 1 aromatic carbocycles. The molecule has 0 bridgehead atoms. The number of nitrogen functional groups attached to an aromatic ring is 1. The predicted octanol–water partition coefficient (Wildman–Crippen LogP) is 2.19.